The van der Waals surface area contributed by atoms with Crippen molar-refractivity contribution >= 4 is 41.9 Å². The summed E-state index contributed by atoms with van der Waals surface area (Å²) in [5, 5.41) is 0. The second-order valence-electron chi connectivity index (χ2n) is 5.73. The highest BCUT2D eigenvalue weighted by Gasteiger charge is 2.37. The molecule has 0 amide bonds. The number of benzene rings is 1. The van der Waals surface area contributed by atoms with Gasteiger partial charge in [0.15, 0.2) is 0 Å². The van der Waals surface area contributed by atoms with Gasteiger partial charge in [-0.05, 0) is 61.1 Å². The Balaban J connectivity index is 2.18. The summed E-state index contributed by atoms with van der Waals surface area (Å²) in [6.45, 7) is 0.449. The lowest BCUT2D eigenvalue weighted by atomic mass is 9.97. The van der Waals surface area contributed by atoms with Crippen LogP contribution in [-0.4, -0.2) is 39.5 Å². The lowest BCUT2D eigenvalue weighted by Crippen LogP contribution is -2.50. The number of nitrogens with zero attached hydrogens (tertiary/aromatic N) is 1. The molecule has 0 saturated heterocycles. The predicted molar refractivity (Wildman–Crippen MR) is 91.9 cm³/mol. The van der Waals surface area contributed by atoms with Crippen LogP contribution in [-0.2, 0) is 10.0 Å². The van der Waals surface area contributed by atoms with Gasteiger partial charge >= 0.3 is 0 Å². The van der Waals surface area contributed by atoms with Gasteiger partial charge < -0.3 is 4.90 Å². The topological polar surface area (TPSA) is 49.4 Å². The molecule has 0 heterocycles. The first-order valence-electron chi connectivity index (χ1n) is 6.89. The van der Waals surface area contributed by atoms with Crippen molar-refractivity contribution in [2.24, 2.45) is 0 Å². The van der Waals surface area contributed by atoms with Gasteiger partial charge in [-0.15, -0.1) is 0 Å². The molecule has 1 saturated carbocycles. The SMILES string of the molecule is CN(C)C1(CNS(=O)(=O)c2ccc(Br)cc2Br)CCCC1. The summed E-state index contributed by atoms with van der Waals surface area (Å²) in [6, 6.07) is 5.08. The van der Waals surface area contributed by atoms with E-state index in [4.69, 9.17) is 0 Å². The van der Waals surface area contributed by atoms with Gasteiger partial charge in [0.25, 0.3) is 0 Å². The molecule has 1 aliphatic carbocycles. The number of nitrogens with one attached hydrogen (secondary N) is 1. The van der Waals surface area contributed by atoms with Crippen molar-refractivity contribution in [1.82, 2.24) is 9.62 Å². The van der Waals surface area contributed by atoms with E-state index in [0.717, 1.165) is 30.2 Å². The van der Waals surface area contributed by atoms with E-state index in [9.17, 15) is 8.42 Å². The number of rotatable bonds is 5. The summed E-state index contributed by atoms with van der Waals surface area (Å²) in [7, 11) is 0.535. The van der Waals surface area contributed by atoms with Crippen molar-refractivity contribution in [3.8, 4) is 0 Å². The molecule has 0 radical (unpaired) electrons. The molecule has 1 aliphatic rings. The Morgan fingerprint density at radius 1 is 1.24 bits per heavy atom. The van der Waals surface area contributed by atoms with E-state index in [0.29, 0.717) is 11.0 Å². The monoisotopic (exact) mass is 438 g/mol. The minimum Gasteiger partial charge on any atom is -0.302 e. The largest absolute Gasteiger partial charge is 0.302 e. The zero-order chi connectivity index (χ0) is 15.7. The van der Waals surface area contributed by atoms with Gasteiger partial charge in [0.1, 0.15) is 0 Å². The zero-order valence-electron chi connectivity index (χ0n) is 12.2. The average molecular weight is 440 g/mol. The van der Waals surface area contributed by atoms with E-state index >= 15 is 0 Å². The Morgan fingerprint density at radius 3 is 2.38 bits per heavy atom. The molecule has 0 unspecified atom stereocenters. The molecule has 0 spiro atoms. The Bertz CT molecular complexity index is 611. The first-order chi connectivity index (χ1) is 9.77. The maximum atomic E-state index is 12.5. The zero-order valence-corrected chi connectivity index (χ0v) is 16.2. The second-order valence-corrected chi connectivity index (χ2v) is 9.23. The maximum Gasteiger partial charge on any atom is 0.241 e. The third-order valence-electron chi connectivity index (χ3n) is 4.26. The van der Waals surface area contributed by atoms with Crippen LogP contribution in [0.4, 0.5) is 0 Å². The Labute approximate surface area is 143 Å². The molecule has 1 N–H and O–H groups in total. The molecular weight excluding hydrogens is 420 g/mol. The number of halogens is 2. The highest BCUT2D eigenvalue weighted by Crippen LogP contribution is 2.34. The number of sulfonamides is 1. The van der Waals surface area contributed by atoms with Crippen molar-refractivity contribution in [3.05, 3.63) is 27.1 Å². The molecule has 7 heteroatoms. The van der Waals surface area contributed by atoms with Crippen LogP contribution in [0.25, 0.3) is 0 Å². The van der Waals surface area contributed by atoms with Gasteiger partial charge in [0.2, 0.25) is 10.0 Å². The number of hydrogen-bond acceptors (Lipinski definition) is 3. The van der Waals surface area contributed by atoms with Crippen LogP contribution in [0, 0.1) is 0 Å². The third kappa shape index (κ3) is 3.88. The normalized spacial score (nSPS) is 18.3. The first kappa shape index (κ1) is 17.4. The molecule has 0 atom stereocenters. The fourth-order valence-electron chi connectivity index (χ4n) is 2.82. The summed E-state index contributed by atoms with van der Waals surface area (Å²) in [5.74, 6) is 0. The van der Waals surface area contributed by atoms with Crippen molar-refractivity contribution in [1.29, 1.82) is 0 Å². The minimum atomic E-state index is -3.51. The van der Waals surface area contributed by atoms with Crippen LogP contribution in [0.3, 0.4) is 0 Å². The molecule has 1 fully saturated rings. The van der Waals surface area contributed by atoms with Crippen LogP contribution in [0.1, 0.15) is 25.7 Å². The standard InChI is InChI=1S/C14H20Br2N2O2S/c1-18(2)14(7-3-4-8-14)10-17-21(19,20)13-6-5-11(15)9-12(13)16/h5-6,9,17H,3-4,7-8,10H2,1-2H3. The van der Waals surface area contributed by atoms with Crippen LogP contribution < -0.4 is 4.72 Å². The molecule has 0 aromatic heterocycles. The van der Waals surface area contributed by atoms with Crippen LogP contribution in [0.15, 0.2) is 32.0 Å². The van der Waals surface area contributed by atoms with Gasteiger partial charge in [0.05, 0.1) is 4.90 Å². The van der Waals surface area contributed by atoms with Crippen molar-refractivity contribution < 1.29 is 8.42 Å². The van der Waals surface area contributed by atoms with E-state index in [1.54, 1.807) is 18.2 Å². The molecule has 1 aromatic carbocycles. The number of likely N-dealkylation sites (N-methyl/N-ethyl adjacent to an activating group) is 1. The predicted octanol–water partition coefficient (Wildman–Crippen LogP) is 3.36. The smallest absolute Gasteiger partial charge is 0.241 e. The molecule has 4 nitrogen and oxygen atoms in total. The van der Waals surface area contributed by atoms with Gasteiger partial charge in [0, 0.05) is 21.0 Å². The van der Waals surface area contributed by atoms with Gasteiger partial charge in [-0.1, -0.05) is 28.8 Å². The summed E-state index contributed by atoms with van der Waals surface area (Å²) < 4.78 is 29.2. The Morgan fingerprint density at radius 2 is 1.86 bits per heavy atom. The van der Waals surface area contributed by atoms with Crippen molar-refractivity contribution in [3.63, 3.8) is 0 Å². The molecule has 1 aromatic rings. The van der Waals surface area contributed by atoms with Gasteiger partial charge in [-0.3, -0.25) is 0 Å². The summed E-state index contributed by atoms with van der Waals surface area (Å²) in [6.07, 6.45) is 4.37. The van der Waals surface area contributed by atoms with E-state index < -0.39 is 10.0 Å². The Hall–Kier alpha value is 0.0500. The first-order valence-corrected chi connectivity index (χ1v) is 9.96. The highest BCUT2D eigenvalue weighted by molar-refractivity contribution is 9.11. The quantitative estimate of drug-likeness (QED) is 0.765. The molecular formula is C14H20Br2N2O2S. The fourth-order valence-corrected chi connectivity index (χ4v) is 5.68. The third-order valence-corrected chi connectivity index (χ3v) is 7.13. The molecule has 0 aliphatic heterocycles. The van der Waals surface area contributed by atoms with Gasteiger partial charge in [-0.25, -0.2) is 13.1 Å². The van der Waals surface area contributed by atoms with Crippen molar-refractivity contribution in [2.45, 2.75) is 36.1 Å². The lowest BCUT2D eigenvalue weighted by molar-refractivity contribution is 0.162. The average Bonchev–Trinajstić information content (AvgIpc) is 2.86. The molecule has 0 bridgehead atoms. The summed E-state index contributed by atoms with van der Waals surface area (Å²) in [5.41, 5.74) is -0.0606. The summed E-state index contributed by atoms with van der Waals surface area (Å²) >= 11 is 6.65. The van der Waals surface area contributed by atoms with E-state index in [1.165, 1.54) is 0 Å². The van der Waals surface area contributed by atoms with E-state index in [2.05, 4.69) is 41.5 Å². The molecule has 21 heavy (non-hydrogen) atoms. The lowest BCUT2D eigenvalue weighted by Gasteiger charge is -2.36. The van der Waals surface area contributed by atoms with E-state index in [1.807, 2.05) is 14.1 Å². The summed E-state index contributed by atoms with van der Waals surface area (Å²) in [4.78, 5) is 2.43. The van der Waals surface area contributed by atoms with Crippen LogP contribution in [0.5, 0.6) is 0 Å². The molecule has 2 rings (SSSR count). The number of hydrogen-bond donors (Lipinski definition) is 1. The van der Waals surface area contributed by atoms with E-state index in [-0.39, 0.29) is 10.4 Å². The second kappa shape index (κ2) is 6.66. The fraction of sp³-hybridized carbons (Fsp3) is 0.571. The Kier molecular flexibility index (Phi) is 5.52. The van der Waals surface area contributed by atoms with Gasteiger partial charge in [-0.2, -0.15) is 0 Å². The molecule has 118 valence electrons. The van der Waals surface area contributed by atoms with Crippen LogP contribution >= 0.6 is 31.9 Å². The van der Waals surface area contributed by atoms with Crippen molar-refractivity contribution in [2.75, 3.05) is 20.6 Å². The van der Waals surface area contributed by atoms with Crippen LogP contribution in [0.2, 0.25) is 0 Å². The maximum absolute atomic E-state index is 12.5. The minimum absolute atomic E-state index is 0.0606. The highest BCUT2D eigenvalue weighted by atomic mass is 79.9.